The fourth-order valence-electron chi connectivity index (χ4n) is 4.26. The fraction of sp³-hybridized carbons (Fsp3) is 0.333. The maximum absolute atomic E-state index is 13.3. The van der Waals surface area contributed by atoms with Gasteiger partial charge >= 0.3 is 0 Å². The van der Waals surface area contributed by atoms with E-state index in [1.54, 1.807) is 42.3 Å². The molecule has 1 fully saturated rings. The van der Waals surface area contributed by atoms with Crippen molar-refractivity contribution in [1.82, 2.24) is 19.6 Å². The summed E-state index contributed by atoms with van der Waals surface area (Å²) >= 11 is 0. The third kappa shape index (κ3) is 5.94. The van der Waals surface area contributed by atoms with Crippen LogP contribution in [0.5, 0.6) is 11.6 Å². The molecule has 0 aliphatic carbocycles. The Morgan fingerprint density at radius 2 is 1.95 bits per heavy atom. The maximum Gasteiger partial charge on any atom is 0.213 e. The van der Waals surface area contributed by atoms with Crippen LogP contribution in [0.2, 0.25) is 0 Å². The van der Waals surface area contributed by atoms with Gasteiger partial charge in [0.05, 0.1) is 52.2 Å². The van der Waals surface area contributed by atoms with Gasteiger partial charge in [-0.15, -0.1) is 0 Å². The molecular weight excluding hydrogens is 516 g/mol. The molecule has 39 heavy (non-hydrogen) atoms. The predicted molar refractivity (Wildman–Crippen MR) is 150 cm³/mol. The van der Waals surface area contributed by atoms with E-state index in [9.17, 15) is 9.47 Å². The fourth-order valence-corrected chi connectivity index (χ4v) is 6.15. The number of hydrogen-bond donors (Lipinski definition) is 1. The molecule has 1 aliphatic rings. The average molecular weight is 547 g/mol. The minimum atomic E-state index is -2.39. The molecule has 5 heterocycles. The Hall–Kier alpha value is -4.21. The highest BCUT2D eigenvalue weighted by atomic mass is 32.2. The molecule has 2 N–H and O–H groups in total. The Bertz CT molecular complexity index is 1630. The monoisotopic (exact) mass is 546 g/mol. The zero-order valence-electron chi connectivity index (χ0n) is 22.1. The number of nitrogens with zero attached hydrogens (tertiary/aromatic N) is 7. The van der Waals surface area contributed by atoms with Gasteiger partial charge in [-0.25, -0.2) is 18.7 Å². The maximum atomic E-state index is 13.3. The van der Waals surface area contributed by atoms with Crippen LogP contribution in [0.25, 0.3) is 16.6 Å². The van der Waals surface area contributed by atoms with Crippen molar-refractivity contribution in [1.29, 1.82) is 5.26 Å². The first-order valence-corrected chi connectivity index (χ1v) is 14.3. The summed E-state index contributed by atoms with van der Waals surface area (Å²) in [6, 6.07) is 11.5. The van der Waals surface area contributed by atoms with E-state index in [4.69, 9.17) is 20.2 Å². The number of ether oxygens (including phenoxy) is 2. The number of anilines is 1. The van der Waals surface area contributed by atoms with Gasteiger partial charge in [0, 0.05) is 53.5 Å². The van der Waals surface area contributed by atoms with Gasteiger partial charge in [-0.05, 0) is 38.1 Å². The van der Waals surface area contributed by atoms with Gasteiger partial charge in [0.2, 0.25) is 5.88 Å². The summed E-state index contributed by atoms with van der Waals surface area (Å²) in [4.78, 5) is 10.9. The highest BCUT2D eigenvalue weighted by Crippen LogP contribution is 2.32. The van der Waals surface area contributed by atoms with Gasteiger partial charge in [-0.2, -0.15) is 14.7 Å². The Morgan fingerprint density at radius 1 is 1.15 bits per heavy atom. The molecule has 4 aromatic rings. The number of pyridine rings is 3. The van der Waals surface area contributed by atoms with Crippen LogP contribution < -0.4 is 20.1 Å². The minimum absolute atomic E-state index is 0.320. The first-order chi connectivity index (χ1) is 18.7. The van der Waals surface area contributed by atoms with E-state index < -0.39 is 15.3 Å². The van der Waals surface area contributed by atoms with Crippen molar-refractivity contribution in [2.45, 2.75) is 19.4 Å². The number of nitriles is 1. The summed E-state index contributed by atoms with van der Waals surface area (Å²) in [7, 11) is -0.841. The Morgan fingerprint density at radius 3 is 2.56 bits per heavy atom. The summed E-state index contributed by atoms with van der Waals surface area (Å²) in [5, 5.41) is 14.0. The zero-order chi connectivity index (χ0) is 27.6. The van der Waals surface area contributed by atoms with E-state index in [2.05, 4.69) is 25.4 Å². The molecule has 0 unspecified atom stereocenters. The van der Waals surface area contributed by atoms with E-state index in [0.29, 0.717) is 59.6 Å². The van der Waals surface area contributed by atoms with E-state index >= 15 is 0 Å². The predicted octanol–water partition coefficient (Wildman–Crippen LogP) is 3.41. The summed E-state index contributed by atoms with van der Waals surface area (Å²) < 4.78 is 30.5. The molecule has 11 nitrogen and oxygen atoms in total. The molecule has 0 aromatic carbocycles. The lowest BCUT2D eigenvalue weighted by atomic mass is 10.1. The van der Waals surface area contributed by atoms with Crippen molar-refractivity contribution in [2.24, 2.45) is 10.1 Å². The highest BCUT2D eigenvalue weighted by Gasteiger charge is 2.22. The second-order valence-electron chi connectivity index (χ2n) is 10.1. The molecule has 4 aromatic heterocycles. The molecular formula is C27H30N8O3S. The summed E-state index contributed by atoms with van der Waals surface area (Å²) in [6.07, 6.45) is 6.63. The number of rotatable bonds is 7. The molecule has 0 amide bonds. The van der Waals surface area contributed by atoms with Crippen LogP contribution in [0.1, 0.15) is 19.4 Å². The molecule has 0 spiro atoms. The van der Waals surface area contributed by atoms with Crippen LogP contribution in [-0.4, -0.2) is 67.6 Å². The molecule has 5 rings (SSSR count). The van der Waals surface area contributed by atoms with Crippen molar-refractivity contribution in [3.8, 4) is 28.8 Å². The normalized spacial score (nSPS) is 15.1. The first-order valence-electron chi connectivity index (χ1n) is 12.4. The van der Waals surface area contributed by atoms with Crippen molar-refractivity contribution < 1.29 is 13.7 Å². The number of methoxy groups -OCH3 is 1. The van der Waals surface area contributed by atoms with E-state index in [1.165, 1.54) is 6.20 Å². The molecule has 1 saturated heterocycles. The van der Waals surface area contributed by atoms with Gasteiger partial charge in [-0.1, -0.05) is 0 Å². The van der Waals surface area contributed by atoms with Crippen molar-refractivity contribution in [3.05, 3.63) is 60.7 Å². The Labute approximate surface area is 227 Å². The van der Waals surface area contributed by atoms with Gasteiger partial charge < -0.3 is 20.1 Å². The summed E-state index contributed by atoms with van der Waals surface area (Å²) in [5.74, 6) is 2.73. The Balaban J connectivity index is 1.36. The van der Waals surface area contributed by atoms with E-state index in [-0.39, 0.29) is 0 Å². The standard InChI is InChI=1S/C27H30N8O3S/c1-27(2,29)18-38-22-12-23(26-20(13-28)15-32-35(26)17-22)19-4-6-24(30-14-19)34-8-10-39(36,11-9-34)33-21-5-7-25(37-3)31-16-21/h4-7,12,14-17H,8-11,18,29H2,1-3H3. The number of hydrogen-bond acceptors (Lipinski definition) is 10. The molecule has 0 radical (unpaired) electrons. The highest BCUT2D eigenvalue weighted by molar-refractivity contribution is 7.93. The van der Waals surface area contributed by atoms with Crippen LogP contribution in [0, 0.1) is 11.3 Å². The lowest BCUT2D eigenvalue weighted by Gasteiger charge is -2.29. The number of nitrogens with two attached hydrogens (primary N) is 1. The third-order valence-electron chi connectivity index (χ3n) is 6.26. The third-order valence-corrected chi connectivity index (χ3v) is 8.45. The molecule has 0 atom stereocenters. The molecule has 0 saturated carbocycles. The second-order valence-corrected chi connectivity index (χ2v) is 12.6. The SMILES string of the molecule is COc1ccc(N=S2(=O)CCN(c3ccc(-c4cc(OCC(C)(C)N)cn5ncc(C#N)c45)cn3)CC2)cn1. The van der Waals surface area contributed by atoms with Crippen LogP contribution in [0.15, 0.2) is 59.5 Å². The Kier molecular flexibility index (Phi) is 7.12. The molecule has 202 valence electrons. The number of aromatic nitrogens is 4. The first kappa shape index (κ1) is 26.4. The van der Waals surface area contributed by atoms with Crippen molar-refractivity contribution in [2.75, 3.05) is 43.2 Å². The largest absolute Gasteiger partial charge is 0.490 e. The number of fused-ring (bicyclic) bond motifs is 1. The van der Waals surface area contributed by atoms with Crippen LogP contribution in [0.4, 0.5) is 11.5 Å². The van der Waals surface area contributed by atoms with Crippen LogP contribution >= 0.6 is 0 Å². The van der Waals surface area contributed by atoms with Crippen molar-refractivity contribution in [3.63, 3.8) is 0 Å². The van der Waals surface area contributed by atoms with Gasteiger partial charge in [-0.3, -0.25) is 0 Å². The van der Waals surface area contributed by atoms with E-state index in [0.717, 1.165) is 16.9 Å². The second kappa shape index (κ2) is 10.5. The minimum Gasteiger partial charge on any atom is -0.490 e. The van der Waals surface area contributed by atoms with E-state index in [1.807, 2.05) is 32.0 Å². The molecule has 0 bridgehead atoms. The lowest BCUT2D eigenvalue weighted by molar-refractivity contribution is 0.242. The smallest absolute Gasteiger partial charge is 0.213 e. The zero-order valence-corrected chi connectivity index (χ0v) is 22.9. The summed E-state index contributed by atoms with van der Waals surface area (Å²) in [5.41, 5.74) is 8.91. The lowest BCUT2D eigenvalue weighted by Crippen LogP contribution is -2.40. The molecule has 12 heteroatoms. The van der Waals surface area contributed by atoms with Crippen LogP contribution in [-0.2, 0) is 9.73 Å². The average Bonchev–Trinajstić information content (AvgIpc) is 3.35. The quantitative estimate of drug-likeness (QED) is 0.369. The topological polar surface area (TPSA) is 144 Å². The van der Waals surface area contributed by atoms with Crippen LogP contribution in [0.3, 0.4) is 0 Å². The van der Waals surface area contributed by atoms with Gasteiger partial charge in [0.1, 0.15) is 24.2 Å². The summed E-state index contributed by atoms with van der Waals surface area (Å²) in [6.45, 7) is 5.24. The van der Waals surface area contributed by atoms with Gasteiger partial charge in [0.15, 0.2) is 0 Å². The van der Waals surface area contributed by atoms with Gasteiger partial charge in [0.25, 0.3) is 0 Å². The molecule has 1 aliphatic heterocycles. The van der Waals surface area contributed by atoms with Crippen molar-refractivity contribution >= 4 is 26.8 Å².